The van der Waals surface area contributed by atoms with Gasteiger partial charge in [0, 0.05) is 13.5 Å². The summed E-state index contributed by atoms with van der Waals surface area (Å²) in [7, 11) is 1.51. The molecule has 3 aliphatic rings. The second-order valence-corrected chi connectivity index (χ2v) is 8.42. The fourth-order valence-corrected chi connectivity index (χ4v) is 5.47. The lowest BCUT2D eigenvalue weighted by Gasteiger charge is -2.45. The third-order valence-corrected chi connectivity index (χ3v) is 6.81. The van der Waals surface area contributed by atoms with Gasteiger partial charge in [-0.3, -0.25) is 14.4 Å². The standard InChI is InChI=1S/C18H16ClN3O5S/c1-21-8-14(23)22-16(10-2-3-12-13(4-10)27-9-26-12)11(7-20)5-18(22,17(21)25)28-15(24)6-19/h2-4,11,16H,5-6,8-9H2,1H3/t11?,16-,18-/m0/s1. The Kier molecular flexibility index (Phi) is 4.63. The van der Waals surface area contributed by atoms with Crippen LogP contribution in [0.1, 0.15) is 18.0 Å². The van der Waals surface area contributed by atoms with Gasteiger partial charge in [0.05, 0.1) is 30.5 Å². The number of amides is 2. The Bertz CT molecular complexity index is 919. The van der Waals surface area contributed by atoms with E-state index in [0.717, 1.165) is 11.8 Å². The van der Waals surface area contributed by atoms with Gasteiger partial charge in [-0.05, 0) is 29.5 Å². The van der Waals surface area contributed by atoms with Crippen LogP contribution in [0.3, 0.4) is 0 Å². The number of hydrogen-bond acceptors (Lipinski definition) is 7. The summed E-state index contributed by atoms with van der Waals surface area (Å²) in [6.07, 6.45) is 0.0464. The molecule has 10 heteroatoms. The highest BCUT2D eigenvalue weighted by Crippen LogP contribution is 2.55. The lowest BCUT2D eigenvalue weighted by molar-refractivity contribution is -0.156. The smallest absolute Gasteiger partial charge is 0.259 e. The molecule has 28 heavy (non-hydrogen) atoms. The third-order valence-electron chi connectivity index (χ3n) is 5.16. The van der Waals surface area contributed by atoms with Gasteiger partial charge in [0.15, 0.2) is 16.4 Å². The van der Waals surface area contributed by atoms with Crippen molar-refractivity contribution < 1.29 is 23.9 Å². The molecule has 3 aliphatic heterocycles. The number of piperazine rings is 1. The molecule has 3 heterocycles. The number of rotatable bonds is 3. The summed E-state index contributed by atoms with van der Waals surface area (Å²) in [5.41, 5.74) is 0.655. The van der Waals surface area contributed by atoms with Gasteiger partial charge in [0.25, 0.3) is 5.91 Å². The molecule has 1 aromatic rings. The van der Waals surface area contributed by atoms with Crippen molar-refractivity contribution in [3.05, 3.63) is 23.8 Å². The zero-order valence-electron chi connectivity index (χ0n) is 14.9. The molecule has 2 fully saturated rings. The first-order valence-electron chi connectivity index (χ1n) is 8.56. The Morgan fingerprint density at radius 3 is 2.86 bits per heavy atom. The van der Waals surface area contributed by atoms with E-state index in [1.165, 1.54) is 16.8 Å². The molecule has 1 unspecified atom stereocenters. The summed E-state index contributed by atoms with van der Waals surface area (Å²) < 4.78 is 10.7. The maximum absolute atomic E-state index is 13.1. The van der Waals surface area contributed by atoms with Crippen molar-refractivity contribution >= 4 is 40.3 Å². The molecule has 0 aromatic heterocycles. The summed E-state index contributed by atoms with van der Waals surface area (Å²) in [5.74, 6) is -0.568. The summed E-state index contributed by atoms with van der Waals surface area (Å²) >= 11 is 6.41. The molecule has 4 rings (SSSR count). The van der Waals surface area contributed by atoms with Crippen LogP contribution in [-0.4, -0.2) is 57.9 Å². The van der Waals surface area contributed by atoms with E-state index in [4.69, 9.17) is 21.1 Å². The number of thioether (sulfide) groups is 1. The summed E-state index contributed by atoms with van der Waals surface area (Å²) in [6, 6.07) is 6.72. The van der Waals surface area contributed by atoms with Crippen LogP contribution in [0, 0.1) is 17.2 Å². The number of alkyl halides is 1. The number of hydrogen-bond donors (Lipinski definition) is 0. The quantitative estimate of drug-likeness (QED) is 0.681. The van der Waals surface area contributed by atoms with Crippen LogP contribution < -0.4 is 9.47 Å². The minimum Gasteiger partial charge on any atom is -0.454 e. The maximum Gasteiger partial charge on any atom is 0.259 e. The van der Waals surface area contributed by atoms with Gasteiger partial charge in [0.2, 0.25) is 17.8 Å². The molecule has 0 N–H and O–H groups in total. The highest BCUT2D eigenvalue weighted by molar-refractivity contribution is 8.15. The third kappa shape index (κ3) is 2.71. The average Bonchev–Trinajstić information content (AvgIpc) is 3.28. The molecule has 0 aliphatic carbocycles. The fourth-order valence-electron chi connectivity index (χ4n) is 4.05. The number of halogens is 1. The molecule has 0 radical (unpaired) electrons. The van der Waals surface area contributed by atoms with Crippen molar-refractivity contribution in [3.63, 3.8) is 0 Å². The first-order chi connectivity index (χ1) is 13.4. The van der Waals surface area contributed by atoms with Gasteiger partial charge in [-0.1, -0.05) is 6.07 Å². The van der Waals surface area contributed by atoms with Crippen LogP contribution in [0.4, 0.5) is 0 Å². The number of fused-ring (bicyclic) bond motifs is 2. The molecule has 2 amide bonds. The fraction of sp³-hybridized carbons (Fsp3) is 0.444. The summed E-state index contributed by atoms with van der Waals surface area (Å²) in [5, 5.41) is 9.37. The molecule has 8 nitrogen and oxygen atoms in total. The van der Waals surface area contributed by atoms with E-state index in [1.807, 2.05) is 0 Å². The van der Waals surface area contributed by atoms with Gasteiger partial charge >= 0.3 is 0 Å². The largest absolute Gasteiger partial charge is 0.454 e. The van der Waals surface area contributed by atoms with Crippen molar-refractivity contribution in [3.8, 4) is 17.6 Å². The van der Waals surface area contributed by atoms with Gasteiger partial charge in [-0.25, -0.2) is 0 Å². The van der Waals surface area contributed by atoms with Crippen molar-refractivity contribution in [2.24, 2.45) is 5.92 Å². The Morgan fingerprint density at radius 1 is 1.39 bits per heavy atom. The highest BCUT2D eigenvalue weighted by Gasteiger charge is 2.63. The number of nitriles is 1. The van der Waals surface area contributed by atoms with Crippen molar-refractivity contribution in [2.45, 2.75) is 17.3 Å². The first-order valence-corrected chi connectivity index (χ1v) is 9.91. The lowest BCUT2D eigenvalue weighted by Crippen LogP contribution is -2.63. The average molecular weight is 422 g/mol. The number of carbonyl (C=O) groups excluding carboxylic acids is 3. The molecule has 0 bridgehead atoms. The summed E-state index contributed by atoms with van der Waals surface area (Å²) in [6.45, 7) is -0.0174. The van der Waals surface area contributed by atoms with E-state index in [-0.39, 0.29) is 37.5 Å². The van der Waals surface area contributed by atoms with E-state index < -0.39 is 21.9 Å². The topological polar surface area (TPSA) is 99.9 Å². The second-order valence-electron chi connectivity index (χ2n) is 6.81. The Hall–Kier alpha value is -2.44. The minimum absolute atomic E-state index is 0.0464. The van der Waals surface area contributed by atoms with Crippen LogP contribution in [0.2, 0.25) is 0 Å². The number of likely N-dealkylation sites (N-methyl/N-ethyl adjacent to an activating group) is 1. The van der Waals surface area contributed by atoms with Crippen molar-refractivity contribution in [1.82, 2.24) is 9.80 Å². The summed E-state index contributed by atoms with van der Waals surface area (Å²) in [4.78, 5) is 39.5. The van der Waals surface area contributed by atoms with Crippen molar-refractivity contribution in [1.29, 1.82) is 5.26 Å². The minimum atomic E-state index is -1.47. The Morgan fingerprint density at radius 2 is 2.14 bits per heavy atom. The molecule has 0 saturated carbocycles. The van der Waals surface area contributed by atoms with E-state index in [2.05, 4.69) is 6.07 Å². The second kappa shape index (κ2) is 6.87. The van der Waals surface area contributed by atoms with Crippen LogP contribution >= 0.6 is 23.4 Å². The van der Waals surface area contributed by atoms with E-state index in [9.17, 15) is 19.6 Å². The monoisotopic (exact) mass is 421 g/mol. The molecule has 1 aromatic carbocycles. The predicted octanol–water partition coefficient (Wildman–Crippen LogP) is 1.50. The van der Waals surface area contributed by atoms with Gasteiger partial charge in [0.1, 0.15) is 0 Å². The molecular weight excluding hydrogens is 406 g/mol. The first kappa shape index (κ1) is 18.9. The molecule has 0 spiro atoms. The highest BCUT2D eigenvalue weighted by atomic mass is 35.5. The number of ether oxygens (including phenoxy) is 2. The molecule has 3 atom stereocenters. The van der Waals surface area contributed by atoms with Crippen LogP contribution in [0.15, 0.2) is 18.2 Å². The number of carbonyl (C=O) groups is 3. The lowest BCUT2D eigenvalue weighted by atomic mass is 9.94. The van der Waals surface area contributed by atoms with E-state index in [1.54, 1.807) is 18.2 Å². The number of benzene rings is 1. The van der Waals surface area contributed by atoms with Gasteiger partial charge in [-0.2, -0.15) is 5.26 Å². The number of nitrogens with zero attached hydrogens (tertiary/aromatic N) is 3. The zero-order chi connectivity index (χ0) is 20.1. The van der Waals surface area contributed by atoms with Crippen LogP contribution in [0.25, 0.3) is 0 Å². The predicted molar refractivity (Wildman–Crippen MR) is 99.6 cm³/mol. The van der Waals surface area contributed by atoms with Gasteiger partial charge in [-0.15, -0.1) is 11.6 Å². The SMILES string of the molecule is CN1CC(=O)N2[C@@H](c3ccc4c(c3)OCO4)C(C#N)C[C@]2(SC(=O)CCl)C1=O. The normalized spacial score (nSPS) is 28.3. The Labute approximate surface area is 170 Å². The van der Waals surface area contributed by atoms with E-state index >= 15 is 0 Å². The maximum atomic E-state index is 13.1. The van der Waals surface area contributed by atoms with Gasteiger partial charge < -0.3 is 19.3 Å². The molecule has 146 valence electrons. The van der Waals surface area contributed by atoms with E-state index in [0.29, 0.717) is 17.1 Å². The molecule has 2 saturated heterocycles. The van der Waals surface area contributed by atoms with Crippen molar-refractivity contribution in [2.75, 3.05) is 26.3 Å². The molecular formula is C18H16ClN3O5S. The Balaban J connectivity index is 1.83. The zero-order valence-corrected chi connectivity index (χ0v) is 16.5. The van der Waals surface area contributed by atoms with Crippen LogP contribution in [0.5, 0.6) is 11.5 Å². The van der Waals surface area contributed by atoms with Crippen LogP contribution in [-0.2, 0) is 14.4 Å².